The van der Waals surface area contributed by atoms with Gasteiger partial charge in [0.15, 0.2) is 5.16 Å². The lowest BCUT2D eigenvalue weighted by Gasteiger charge is -2.21. The Morgan fingerprint density at radius 2 is 2.00 bits per heavy atom. The summed E-state index contributed by atoms with van der Waals surface area (Å²) >= 11 is 1.74. The number of aromatic nitrogens is 3. The van der Waals surface area contributed by atoms with E-state index in [1.807, 2.05) is 0 Å². The van der Waals surface area contributed by atoms with Gasteiger partial charge in [-0.2, -0.15) is 13.2 Å². The number of likely N-dealkylation sites (tertiary alicyclic amines) is 1. The van der Waals surface area contributed by atoms with E-state index in [0.717, 1.165) is 87.6 Å². The van der Waals surface area contributed by atoms with Crippen LogP contribution in [0.4, 0.5) is 17.6 Å². The third-order valence-corrected chi connectivity index (χ3v) is 8.89. The molecule has 0 radical (unpaired) electrons. The number of hydrogen-bond acceptors (Lipinski definition) is 5. The van der Waals surface area contributed by atoms with E-state index in [0.29, 0.717) is 17.5 Å². The van der Waals surface area contributed by atoms with Crippen molar-refractivity contribution in [1.82, 2.24) is 25.0 Å². The minimum absolute atomic E-state index is 0.0288. The number of alkyl halides is 3. The maximum atomic E-state index is 14.4. The number of benzene rings is 1. The van der Waals surface area contributed by atoms with Crippen LogP contribution in [0.5, 0.6) is 0 Å². The van der Waals surface area contributed by atoms with Gasteiger partial charge in [-0.15, -0.1) is 10.2 Å². The first kappa shape index (κ1) is 24.1. The molecular weight excluding hydrogens is 466 g/mol. The van der Waals surface area contributed by atoms with Crippen LogP contribution in [0, 0.1) is 11.2 Å². The van der Waals surface area contributed by atoms with Gasteiger partial charge in [0.25, 0.3) is 0 Å². The van der Waals surface area contributed by atoms with Crippen LogP contribution in [-0.4, -0.2) is 58.1 Å². The Hall–Kier alpha value is -1.65. The van der Waals surface area contributed by atoms with Crippen molar-refractivity contribution < 1.29 is 17.6 Å². The predicted octanol–water partition coefficient (Wildman–Crippen LogP) is 4.80. The van der Waals surface area contributed by atoms with Crippen molar-refractivity contribution in [2.24, 2.45) is 12.5 Å². The molecule has 1 N–H and O–H groups in total. The van der Waals surface area contributed by atoms with Gasteiger partial charge in [-0.25, -0.2) is 4.39 Å². The minimum Gasteiger partial charge on any atom is -0.317 e. The average molecular weight is 498 g/mol. The summed E-state index contributed by atoms with van der Waals surface area (Å²) in [4.78, 5) is 2.42. The van der Waals surface area contributed by atoms with E-state index in [9.17, 15) is 17.6 Å². The van der Waals surface area contributed by atoms with E-state index in [-0.39, 0.29) is 11.3 Å². The summed E-state index contributed by atoms with van der Waals surface area (Å²) in [7, 11) is 2.05. The number of halogens is 4. The Balaban J connectivity index is 1.09. The first-order valence-electron chi connectivity index (χ1n) is 12.1. The maximum absolute atomic E-state index is 14.4. The summed E-state index contributed by atoms with van der Waals surface area (Å²) in [6, 6.07) is 3.00. The summed E-state index contributed by atoms with van der Waals surface area (Å²) in [5.41, 5.74) is -0.446. The highest BCUT2D eigenvalue weighted by Gasteiger charge is 2.58. The molecule has 2 unspecified atom stereocenters. The third-order valence-electron chi connectivity index (χ3n) is 7.78. The summed E-state index contributed by atoms with van der Waals surface area (Å²) in [6.07, 6.45) is 0.556. The molecule has 2 saturated heterocycles. The molecular formula is C24H31F4N5S. The molecule has 5 nitrogen and oxygen atoms in total. The second-order valence-corrected chi connectivity index (χ2v) is 11.1. The molecule has 1 aliphatic carbocycles. The van der Waals surface area contributed by atoms with E-state index in [1.165, 1.54) is 6.07 Å². The highest BCUT2D eigenvalue weighted by atomic mass is 32.2. The zero-order valence-corrected chi connectivity index (χ0v) is 20.2. The smallest absolute Gasteiger partial charge is 0.317 e. The number of nitrogens with one attached hydrogen (secondary N) is 1. The Kier molecular flexibility index (Phi) is 6.67. The van der Waals surface area contributed by atoms with Gasteiger partial charge in [0, 0.05) is 25.3 Å². The standard InChI is InChI=1S/C24H31F4N5S/c1-32-21(16-5-8-29-9-6-16)30-31-22(32)34-12-2-10-33-11-7-23(15-33)14-19(23)18-4-3-17(13-20(18)25)24(26,27)28/h3-4,13,16,19,29H,2,5-12,14-15H2,1H3. The molecule has 10 heteroatoms. The van der Waals surface area contributed by atoms with Gasteiger partial charge in [-0.3, -0.25) is 0 Å². The number of hydrogen-bond donors (Lipinski definition) is 1. The lowest BCUT2D eigenvalue weighted by Crippen LogP contribution is -2.27. The highest BCUT2D eigenvalue weighted by molar-refractivity contribution is 7.99. The van der Waals surface area contributed by atoms with E-state index in [4.69, 9.17) is 0 Å². The maximum Gasteiger partial charge on any atom is 0.416 e. The van der Waals surface area contributed by atoms with E-state index < -0.39 is 17.6 Å². The van der Waals surface area contributed by atoms with Crippen molar-refractivity contribution in [3.63, 3.8) is 0 Å². The molecule has 3 heterocycles. The summed E-state index contributed by atoms with van der Waals surface area (Å²) < 4.78 is 55.1. The normalized spacial score (nSPS) is 26.0. The van der Waals surface area contributed by atoms with E-state index in [2.05, 4.69) is 32.0 Å². The number of rotatable bonds is 7. The lowest BCUT2D eigenvalue weighted by atomic mass is 9.97. The number of nitrogens with zero attached hydrogens (tertiary/aromatic N) is 4. The van der Waals surface area contributed by atoms with Gasteiger partial charge in [0.2, 0.25) is 0 Å². The van der Waals surface area contributed by atoms with Crippen LogP contribution >= 0.6 is 11.8 Å². The second-order valence-electron chi connectivity index (χ2n) is 10.0. The fourth-order valence-corrected chi connectivity index (χ4v) is 6.58. The molecule has 1 aromatic heterocycles. The Morgan fingerprint density at radius 3 is 2.74 bits per heavy atom. The van der Waals surface area contributed by atoms with Gasteiger partial charge >= 0.3 is 6.18 Å². The summed E-state index contributed by atoms with van der Waals surface area (Å²) in [5, 5.41) is 13.2. The molecule has 2 aliphatic heterocycles. The van der Waals surface area contributed by atoms with E-state index >= 15 is 0 Å². The molecule has 2 aromatic rings. The molecule has 3 fully saturated rings. The molecule has 1 aromatic carbocycles. The Bertz CT molecular complexity index is 1020. The van der Waals surface area contributed by atoms with Crippen molar-refractivity contribution >= 4 is 11.8 Å². The molecule has 186 valence electrons. The van der Waals surface area contributed by atoms with Gasteiger partial charge in [0.05, 0.1) is 5.56 Å². The first-order valence-corrected chi connectivity index (χ1v) is 13.1. The molecule has 0 bridgehead atoms. The first-order chi connectivity index (χ1) is 16.3. The van der Waals surface area contributed by atoms with Crippen LogP contribution in [0.3, 0.4) is 0 Å². The van der Waals surface area contributed by atoms with Gasteiger partial charge in [-0.05, 0) is 87.3 Å². The zero-order valence-electron chi connectivity index (χ0n) is 19.4. The van der Waals surface area contributed by atoms with Crippen molar-refractivity contribution in [2.75, 3.05) is 38.5 Å². The van der Waals surface area contributed by atoms with E-state index in [1.54, 1.807) is 11.8 Å². The molecule has 0 amide bonds. The van der Waals surface area contributed by atoms with Crippen LogP contribution in [0.15, 0.2) is 23.4 Å². The second kappa shape index (κ2) is 9.43. The SMILES string of the molecule is Cn1c(SCCCN2CCC3(CC3c3ccc(C(F)(F)F)cc3F)C2)nnc1C1CCNCC1. The van der Waals surface area contributed by atoms with Crippen molar-refractivity contribution in [3.8, 4) is 0 Å². The predicted molar refractivity (Wildman–Crippen MR) is 123 cm³/mol. The molecule has 2 atom stereocenters. The van der Waals surface area contributed by atoms with Crippen molar-refractivity contribution in [3.05, 3.63) is 41.0 Å². The minimum atomic E-state index is -4.51. The molecule has 1 spiro atoms. The fourth-order valence-electron chi connectivity index (χ4n) is 5.74. The Morgan fingerprint density at radius 1 is 1.21 bits per heavy atom. The number of piperidine rings is 1. The van der Waals surface area contributed by atoms with Crippen molar-refractivity contribution in [1.29, 1.82) is 0 Å². The largest absolute Gasteiger partial charge is 0.416 e. The Labute approximate surface area is 201 Å². The van der Waals surface area contributed by atoms with Crippen LogP contribution < -0.4 is 5.32 Å². The monoisotopic (exact) mass is 497 g/mol. The molecule has 3 aliphatic rings. The quantitative estimate of drug-likeness (QED) is 0.338. The lowest BCUT2D eigenvalue weighted by molar-refractivity contribution is -0.137. The zero-order chi connectivity index (χ0) is 23.9. The highest BCUT2D eigenvalue weighted by Crippen LogP contribution is 2.64. The van der Waals surface area contributed by atoms with Crippen LogP contribution in [0.1, 0.15) is 60.9 Å². The van der Waals surface area contributed by atoms with Crippen molar-refractivity contribution in [2.45, 2.75) is 55.3 Å². The summed E-state index contributed by atoms with van der Waals surface area (Å²) in [6.45, 7) is 4.89. The van der Waals surface area contributed by atoms with Gasteiger partial charge < -0.3 is 14.8 Å². The summed E-state index contributed by atoms with van der Waals surface area (Å²) in [5.74, 6) is 1.83. The third kappa shape index (κ3) is 4.86. The average Bonchev–Trinajstić information content (AvgIpc) is 3.14. The van der Waals surface area contributed by atoms with Crippen LogP contribution in [0.25, 0.3) is 0 Å². The fraction of sp³-hybridized carbons (Fsp3) is 0.667. The molecule has 34 heavy (non-hydrogen) atoms. The van der Waals surface area contributed by atoms with Crippen LogP contribution in [-0.2, 0) is 13.2 Å². The van der Waals surface area contributed by atoms with Gasteiger partial charge in [-0.1, -0.05) is 17.8 Å². The van der Waals surface area contributed by atoms with Gasteiger partial charge in [0.1, 0.15) is 11.6 Å². The topological polar surface area (TPSA) is 46.0 Å². The molecule has 5 rings (SSSR count). The molecule has 1 saturated carbocycles. The van der Waals surface area contributed by atoms with Crippen LogP contribution in [0.2, 0.25) is 0 Å². The number of thioether (sulfide) groups is 1.